The summed E-state index contributed by atoms with van der Waals surface area (Å²) in [6.07, 6.45) is 0. The standard InChI is InChI=1S/C15H16ClFN2O2/c1-20-9-6-7-10(13(8-9)21-2)15(19-18)11-4-3-5-12(17)14(11)16/h3-8,15,19H,18H2,1-2H3. The number of methoxy groups -OCH3 is 2. The Morgan fingerprint density at radius 1 is 1.14 bits per heavy atom. The molecule has 0 saturated heterocycles. The van der Waals surface area contributed by atoms with Gasteiger partial charge in [0.25, 0.3) is 0 Å². The normalized spacial score (nSPS) is 12.0. The zero-order valence-electron chi connectivity index (χ0n) is 11.7. The first-order chi connectivity index (χ1) is 10.1. The monoisotopic (exact) mass is 310 g/mol. The Kier molecular flexibility index (Phi) is 5.01. The van der Waals surface area contributed by atoms with E-state index in [-0.39, 0.29) is 5.02 Å². The molecule has 0 radical (unpaired) electrons. The summed E-state index contributed by atoms with van der Waals surface area (Å²) in [6.45, 7) is 0. The van der Waals surface area contributed by atoms with E-state index in [9.17, 15) is 4.39 Å². The van der Waals surface area contributed by atoms with Crippen LogP contribution in [-0.2, 0) is 0 Å². The molecule has 1 atom stereocenters. The van der Waals surface area contributed by atoms with Crippen molar-refractivity contribution in [1.82, 2.24) is 5.43 Å². The molecule has 0 saturated carbocycles. The van der Waals surface area contributed by atoms with Crippen LogP contribution in [0.1, 0.15) is 17.2 Å². The molecule has 1 unspecified atom stereocenters. The molecule has 6 heteroatoms. The molecular formula is C15H16ClFN2O2. The van der Waals surface area contributed by atoms with E-state index in [1.807, 2.05) is 0 Å². The third kappa shape index (κ3) is 3.10. The average Bonchev–Trinajstić information content (AvgIpc) is 2.52. The largest absolute Gasteiger partial charge is 0.497 e. The van der Waals surface area contributed by atoms with E-state index in [1.165, 1.54) is 6.07 Å². The van der Waals surface area contributed by atoms with Gasteiger partial charge < -0.3 is 9.47 Å². The summed E-state index contributed by atoms with van der Waals surface area (Å²) in [5.74, 6) is 6.35. The molecule has 112 valence electrons. The van der Waals surface area contributed by atoms with Crippen LogP contribution in [0.4, 0.5) is 4.39 Å². The molecule has 0 aliphatic heterocycles. The molecule has 0 spiro atoms. The molecule has 0 aromatic heterocycles. The highest BCUT2D eigenvalue weighted by Crippen LogP contribution is 2.35. The van der Waals surface area contributed by atoms with E-state index < -0.39 is 11.9 Å². The number of benzene rings is 2. The van der Waals surface area contributed by atoms with Crippen molar-refractivity contribution in [2.45, 2.75) is 6.04 Å². The van der Waals surface area contributed by atoms with Gasteiger partial charge in [-0.05, 0) is 23.8 Å². The molecule has 0 aliphatic rings. The van der Waals surface area contributed by atoms with Gasteiger partial charge in [0.15, 0.2) is 0 Å². The molecule has 0 heterocycles. The van der Waals surface area contributed by atoms with Gasteiger partial charge in [-0.3, -0.25) is 5.84 Å². The van der Waals surface area contributed by atoms with E-state index in [0.717, 1.165) is 5.56 Å². The van der Waals surface area contributed by atoms with Crippen molar-refractivity contribution in [3.05, 3.63) is 58.4 Å². The second kappa shape index (κ2) is 6.76. The van der Waals surface area contributed by atoms with E-state index in [1.54, 1.807) is 44.6 Å². The van der Waals surface area contributed by atoms with E-state index >= 15 is 0 Å². The van der Waals surface area contributed by atoms with E-state index in [4.69, 9.17) is 26.9 Å². The molecule has 0 aliphatic carbocycles. The third-order valence-corrected chi connectivity index (χ3v) is 3.61. The highest BCUT2D eigenvalue weighted by atomic mass is 35.5. The molecule has 21 heavy (non-hydrogen) atoms. The molecule has 2 aromatic rings. The van der Waals surface area contributed by atoms with Gasteiger partial charge in [-0.1, -0.05) is 23.7 Å². The summed E-state index contributed by atoms with van der Waals surface area (Å²) in [4.78, 5) is 0. The first-order valence-electron chi connectivity index (χ1n) is 6.24. The second-order valence-electron chi connectivity index (χ2n) is 4.35. The highest BCUT2D eigenvalue weighted by molar-refractivity contribution is 6.31. The molecule has 3 N–H and O–H groups in total. The number of ether oxygens (including phenoxy) is 2. The minimum absolute atomic E-state index is 0.0262. The van der Waals surface area contributed by atoms with Crippen LogP contribution in [0.25, 0.3) is 0 Å². The van der Waals surface area contributed by atoms with E-state index in [0.29, 0.717) is 17.1 Å². The minimum atomic E-state index is -0.506. The van der Waals surface area contributed by atoms with Gasteiger partial charge in [0, 0.05) is 11.6 Å². The van der Waals surface area contributed by atoms with Crippen molar-refractivity contribution in [3.8, 4) is 11.5 Å². The zero-order valence-corrected chi connectivity index (χ0v) is 12.4. The Hall–Kier alpha value is -1.82. The lowest BCUT2D eigenvalue weighted by molar-refractivity contribution is 0.387. The predicted octanol–water partition coefficient (Wildman–Crippen LogP) is 3.05. The maximum Gasteiger partial charge on any atom is 0.142 e. The second-order valence-corrected chi connectivity index (χ2v) is 4.73. The number of nitrogens with two attached hydrogens (primary N) is 1. The Morgan fingerprint density at radius 3 is 2.52 bits per heavy atom. The fourth-order valence-corrected chi connectivity index (χ4v) is 2.38. The summed E-state index contributed by atoms with van der Waals surface area (Å²) >= 11 is 6.03. The van der Waals surface area contributed by atoms with Gasteiger partial charge in [0.1, 0.15) is 17.3 Å². The van der Waals surface area contributed by atoms with Crippen molar-refractivity contribution in [3.63, 3.8) is 0 Å². The lowest BCUT2D eigenvalue weighted by Gasteiger charge is -2.21. The van der Waals surface area contributed by atoms with Gasteiger partial charge in [0.2, 0.25) is 0 Å². The van der Waals surface area contributed by atoms with Crippen LogP contribution in [0.3, 0.4) is 0 Å². The van der Waals surface area contributed by atoms with Crippen LogP contribution in [0, 0.1) is 5.82 Å². The number of nitrogens with one attached hydrogen (secondary N) is 1. The number of halogens is 2. The Labute approximate surface area is 127 Å². The minimum Gasteiger partial charge on any atom is -0.497 e. The van der Waals surface area contributed by atoms with Gasteiger partial charge in [-0.2, -0.15) is 0 Å². The van der Waals surface area contributed by atoms with Crippen LogP contribution in [0.5, 0.6) is 11.5 Å². The van der Waals surface area contributed by atoms with Crippen molar-refractivity contribution >= 4 is 11.6 Å². The molecule has 0 amide bonds. The molecular weight excluding hydrogens is 295 g/mol. The average molecular weight is 311 g/mol. The Morgan fingerprint density at radius 2 is 1.90 bits per heavy atom. The number of hydrazine groups is 1. The predicted molar refractivity (Wildman–Crippen MR) is 80.1 cm³/mol. The summed E-state index contributed by atoms with van der Waals surface area (Å²) < 4.78 is 24.1. The zero-order chi connectivity index (χ0) is 15.4. The Bertz CT molecular complexity index is 637. The summed E-state index contributed by atoms with van der Waals surface area (Å²) in [7, 11) is 3.11. The van der Waals surface area contributed by atoms with Crippen molar-refractivity contribution in [2.24, 2.45) is 5.84 Å². The summed E-state index contributed by atoms with van der Waals surface area (Å²) in [5, 5.41) is 0.0262. The topological polar surface area (TPSA) is 56.5 Å². The van der Waals surface area contributed by atoms with E-state index in [2.05, 4.69) is 5.43 Å². The SMILES string of the molecule is COc1ccc(C(NN)c2cccc(F)c2Cl)c(OC)c1. The Balaban J connectivity index is 2.53. The van der Waals surface area contributed by atoms with Crippen molar-refractivity contribution in [2.75, 3.05) is 14.2 Å². The van der Waals surface area contributed by atoms with Gasteiger partial charge >= 0.3 is 0 Å². The number of hydrogen-bond donors (Lipinski definition) is 2. The smallest absolute Gasteiger partial charge is 0.142 e. The molecule has 2 aromatic carbocycles. The molecule has 2 rings (SSSR count). The highest BCUT2D eigenvalue weighted by Gasteiger charge is 2.21. The first kappa shape index (κ1) is 15.6. The van der Waals surface area contributed by atoms with Gasteiger partial charge in [-0.15, -0.1) is 0 Å². The lowest BCUT2D eigenvalue weighted by Crippen LogP contribution is -2.29. The van der Waals surface area contributed by atoms with Crippen molar-refractivity contribution < 1.29 is 13.9 Å². The number of hydrogen-bond acceptors (Lipinski definition) is 4. The summed E-state index contributed by atoms with van der Waals surface area (Å²) in [5.41, 5.74) is 3.90. The van der Waals surface area contributed by atoms with Gasteiger partial charge in [-0.25, -0.2) is 9.82 Å². The first-order valence-corrected chi connectivity index (χ1v) is 6.62. The summed E-state index contributed by atoms with van der Waals surface area (Å²) in [6, 6.07) is 9.38. The molecule has 0 fully saturated rings. The van der Waals surface area contributed by atoms with Crippen LogP contribution in [0.2, 0.25) is 5.02 Å². The van der Waals surface area contributed by atoms with Crippen molar-refractivity contribution in [1.29, 1.82) is 0 Å². The van der Waals surface area contributed by atoms with Crippen LogP contribution < -0.4 is 20.7 Å². The maximum absolute atomic E-state index is 13.6. The maximum atomic E-state index is 13.6. The number of rotatable bonds is 5. The van der Waals surface area contributed by atoms with Gasteiger partial charge in [0.05, 0.1) is 25.3 Å². The molecule has 0 bridgehead atoms. The lowest BCUT2D eigenvalue weighted by atomic mass is 9.98. The van der Waals surface area contributed by atoms with Crippen LogP contribution in [-0.4, -0.2) is 14.2 Å². The van der Waals surface area contributed by atoms with Crippen LogP contribution in [0.15, 0.2) is 36.4 Å². The fourth-order valence-electron chi connectivity index (χ4n) is 2.15. The third-order valence-electron chi connectivity index (χ3n) is 3.21. The molecule has 4 nitrogen and oxygen atoms in total. The quantitative estimate of drug-likeness (QED) is 0.658. The van der Waals surface area contributed by atoms with Crippen LogP contribution >= 0.6 is 11.6 Å². The fraction of sp³-hybridized carbons (Fsp3) is 0.200.